The lowest BCUT2D eigenvalue weighted by Gasteiger charge is -2.06. The molecule has 0 aliphatic heterocycles. The Hall–Kier alpha value is -1.52. The van der Waals surface area contributed by atoms with Crippen molar-refractivity contribution in [1.29, 1.82) is 0 Å². The second-order valence-electron chi connectivity index (χ2n) is 3.47. The first kappa shape index (κ1) is 12.0. The molecule has 0 saturated carbocycles. The zero-order valence-electron chi connectivity index (χ0n) is 8.83. The van der Waals surface area contributed by atoms with Crippen molar-refractivity contribution in [3.8, 4) is 11.1 Å². The molecule has 1 aromatic heterocycles. The number of hydrogen-bond acceptors (Lipinski definition) is 2. The Morgan fingerprint density at radius 2 is 1.88 bits per heavy atom. The zero-order chi connectivity index (χ0) is 12.6. The third-order valence-corrected chi connectivity index (χ3v) is 3.24. The van der Waals surface area contributed by atoms with Crippen molar-refractivity contribution >= 4 is 23.2 Å². The molecule has 0 saturated heterocycles. The van der Waals surface area contributed by atoms with Gasteiger partial charge in [0.2, 0.25) is 0 Å². The molecule has 88 valence electrons. The maximum absolute atomic E-state index is 11.9. The number of H-pyrrole nitrogens is 1. The monoisotopic (exact) mass is 270 g/mol. The van der Waals surface area contributed by atoms with Crippen LogP contribution in [0, 0.1) is 0 Å². The first-order valence-electron chi connectivity index (χ1n) is 4.75. The molecule has 6 heteroatoms. The molecule has 0 unspecified atom stereocenters. The summed E-state index contributed by atoms with van der Waals surface area (Å²) >= 11 is 11.9. The van der Waals surface area contributed by atoms with Crippen molar-refractivity contribution in [1.82, 2.24) is 9.55 Å². The minimum atomic E-state index is -0.475. The Morgan fingerprint density at radius 3 is 2.59 bits per heavy atom. The van der Waals surface area contributed by atoms with Gasteiger partial charge in [0.05, 0.1) is 15.6 Å². The Bertz CT molecular complexity index is 689. The highest BCUT2D eigenvalue weighted by Crippen LogP contribution is 2.31. The number of benzene rings is 1. The predicted molar refractivity (Wildman–Crippen MR) is 67.8 cm³/mol. The van der Waals surface area contributed by atoms with Gasteiger partial charge in [-0.25, -0.2) is 4.79 Å². The van der Waals surface area contributed by atoms with Crippen molar-refractivity contribution in [2.24, 2.45) is 7.05 Å². The molecule has 0 spiro atoms. The molecule has 2 aromatic rings. The number of aromatic amines is 1. The van der Waals surface area contributed by atoms with E-state index in [9.17, 15) is 9.59 Å². The van der Waals surface area contributed by atoms with Gasteiger partial charge in [-0.3, -0.25) is 9.36 Å². The Balaban J connectivity index is 2.79. The fourth-order valence-electron chi connectivity index (χ4n) is 1.47. The number of hydrogen-bond donors (Lipinski definition) is 1. The maximum atomic E-state index is 11.9. The van der Waals surface area contributed by atoms with E-state index >= 15 is 0 Å². The quantitative estimate of drug-likeness (QED) is 0.863. The molecule has 0 aliphatic rings. The average Bonchev–Trinajstić information content (AvgIpc) is 2.31. The second-order valence-corrected chi connectivity index (χ2v) is 4.26. The Labute approximate surface area is 106 Å². The van der Waals surface area contributed by atoms with Crippen LogP contribution in [0.3, 0.4) is 0 Å². The van der Waals surface area contributed by atoms with E-state index in [0.717, 1.165) is 4.57 Å². The zero-order valence-corrected chi connectivity index (χ0v) is 10.3. The minimum absolute atomic E-state index is 0.290. The SMILES string of the molecule is Cn1c(=O)[nH]cc(-c2cccc(Cl)c2Cl)c1=O. The standard InChI is InChI=1S/C11H8Cl2N2O2/c1-15-10(16)7(5-14-11(15)17)6-3-2-4-8(12)9(6)13/h2-5H,1H3,(H,14,17). The van der Waals surface area contributed by atoms with Crippen LogP contribution in [-0.2, 0) is 7.05 Å². The van der Waals surface area contributed by atoms with Crippen molar-refractivity contribution < 1.29 is 0 Å². The highest BCUT2D eigenvalue weighted by Gasteiger charge is 2.11. The van der Waals surface area contributed by atoms with E-state index in [1.54, 1.807) is 18.2 Å². The molecule has 0 amide bonds. The third-order valence-electron chi connectivity index (χ3n) is 2.42. The lowest BCUT2D eigenvalue weighted by molar-refractivity contribution is 0.778. The van der Waals surface area contributed by atoms with Crippen LogP contribution < -0.4 is 11.2 Å². The first-order valence-corrected chi connectivity index (χ1v) is 5.51. The van der Waals surface area contributed by atoms with Crippen LogP contribution in [0.4, 0.5) is 0 Å². The van der Waals surface area contributed by atoms with Gasteiger partial charge in [0, 0.05) is 18.8 Å². The van der Waals surface area contributed by atoms with E-state index in [0.29, 0.717) is 21.2 Å². The van der Waals surface area contributed by atoms with Gasteiger partial charge in [-0.1, -0.05) is 35.3 Å². The summed E-state index contributed by atoms with van der Waals surface area (Å²) in [5.74, 6) is 0. The van der Waals surface area contributed by atoms with Crippen molar-refractivity contribution in [2.45, 2.75) is 0 Å². The highest BCUT2D eigenvalue weighted by molar-refractivity contribution is 6.43. The molecular weight excluding hydrogens is 263 g/mol. The van der Waals surface area contributed by atoms with Gasteiger partial charge in [-0.2, -0.15) is 0 Å². The minimum Gasteiger partial charge on any atom is -0.313 e. The molecule has 4 nitrogen and oxygen atoms in total. The van der Waals surface area contributed by atoms with E-state index in [-0.39, 0.29) is 0 Å². The van der Waals surface area contributed by atoms with E-state index in [1.165, 1.54) is 13.2 Å². The summed E-state index contributed by atoms with van der Waals surface area (Å²) in [6, 6.07) is 4.99. The smallest absolute Gasteiger partial charge is 0.313 e. The van der Waals surface area contributed by atoms with Gasteiger partial charge in [0.25, 0.3) is 5.56 Å². The first-order chi connectivity index (χ1) is 8.02. The van der Waals surface area contributed by atoms with E-state index in [1.807, 2.05) is 0 Å². The summed E-state index contributed by atoms with van der Waals surface area (Å²) in [5, 5.41) is 0.649. The summed E-state index contributed by atoms with van der Waals surface area (Å²) in [4.78, 5) is 25.6. The second kappa shape index (κ2) is 4.39. The number of nitrogens with zero attached hydrogens (tertiary/aromatic N) is 1. The Morgan fingerprint density at radius 1 is 1.18 bits per heavy atom. The fraction of sp³-hybridized carbons (Fsp3) is 0.0909. The van der Waals surface area contributed by atoms with Crippen molar-refractivity contribution in [2.75, 3.05) is 0 Å². The summed E-state index contributed by atoms with van der Waals surface area (Å²) in [6.45, 7) is 0. The summed E-state index contributed by atoms with van der Waals surface area (Å²) < 4.78 is 0.979. The topological polar surface area (TPSA) is 54.9 Å². The van der Waals surface area contributed by atoms with Gasteiger partial charge < -0.3 is 4.98 Å². The fourth-order valence-corrected chi connectivity index (χ4v) is 1.87. The third kappa shape index (κ3) is 2.01. The lowest BCUT2D eigenvalue weighted by atomic mass is 10.1. The van der Waals surface area contributed by atoms with Gasteiger partial charge in [0.15, 0.2) is 0 Å². The van der Waals surface area contributed by atoms with Crippen molar-refractivity contribution in [3.05, 3.63) is 55.3 Å². The maximum Gasteiger partial charge on any atom is 0.328 e. The lowest BCUT2D eigenvalue weighted by Crippen LogP contribution is -2.32. The molecule has 2 rings (SSSR count). The summed E-state index contributed by atoms with van der Waals surface area (Å²) in [6.07, 6.45) is 1.34. The molecule has 1 heterocycles. The van der Waals surface area contributed by atoms with Gasteiger partial charge in [-0.15, -0.1) is 0 Å². The number of halogens is 2. The van der Waals surface area contributed by atoms with Crippen LogP contribution in [0.2, 0.25) is 10.0 Å². The van der Waals surface area contributed by atoms with Crippen LogP contribution in [0.25, 0.3) is 11.1 Å². The van der Waals surface area contributed by atoms with Gasteiger partial charge in [-0.05, 0) is 6.07 Å². The molecule has 1 N–H and O–H groups in total. The van der Waals surface area contributed by atoms with E-state index < -0.39 is 11.2 Å². The van der Waals surface area contributed by atoms with Gasteiger partial charge in [0.1, 0.15) is 0 Å². The average molecular weight is 271 g/mol. The largest absolute Gasteiger partial charge is 0.328 e. The molecule has 0 aliphatic carbocycles. The van der Waals surface area contributed by atoms with E-state index in [2.05, 4.69) is 4.98 Å². The molecule has 1 aromatic carbocycles. The normalized spacial score (nSPS) is 10.5. The number of aromatic nitrogens is 2. The Kier molecular flexibility index (Phi) is 3.09. The molecular formula is C11H8Cl2N2O2. The summed E-state index contributed by atoms with van der Waals surface area (Å²) in [7, 11) is 1.39. The molecule has 17 heavy (non-hydrogen) atoms. The van der Waals surface area contributed by atoms with Crippen LogP contribution in [0.15, 0.2) is 34.0 Å². The predicted octanol–water partition coefficient (Wildman–Crippen LogP) is 2.05. The van der Waals surface area contributed by atoms with E-state index in [4.69, 9.17) is 23.2 Å². The van der Waals surface area contributed by atoms with Crippen LogP contribution in [-0.4, -0.2) is 9.55 Å². The van der Waals surface area contributed by atoms with Crippen LogP contribution in [0.1, 0.15) is 0 Å². The van der Waals surface area contributed by atoms with Crippen LogP contribution >= 0.6 is 23.2 Å². The molecule has 0 atom stereocenters. The number of rotatable bonds is 1. The van der Waals surface area contributed by atoms with Crippen LogP contribution in [0.5, 0.6) is 0 Å². The molecule has 0 bridgehead atoms. The highest BCUT2D eigenvalue weighted by atomic mass is 35.5. The summed E-state index contributed by atoms with van der Waals surface area (Å²) in [5.41, 5.74) is -0.0922. The molecule has 0 radical (unpaired) electrons. The van der Waals surface area contributed by atoms with Crippen molar-refractivity contribution in [3.63, 3.8) is 0 Å². The molecule has 0 fully saturated rings. The number of nitrogens with one attached hydrogen (secondary N) is 1. The van der Waals surface area contributed by atoms with Gasteiger partial charge >= 0.3 is 5.69 Å².